The topological polar surface area (TPSA) is 62.7 Å². The van der Waals surface area contributed by atoms with E-state index in [4.69, 9.17) is 0 Å². The molecule has 5 heteroatoms. The maximum atomic E-state index is 12.2. The average molecular weight is 326 g/mol. The molecule has 0 radical (unpaired) electrons. The van der Waals surface area contributed by atoms with Gasteiger partial charge in [0.25, 0.3) is 5.91 Å². The standard InChI is InChI=1S/C19H26N4O/c1-14(2)7-5-8-15(3)10-11-20-19(24)17-13-16(21-22-17)18-9-6-12-23(18)4/h6-7,9-10,12-13H,5,8,11H2,1-4H3,(H,20,24)(H,21,22). The largest absolute Gasteiger partial charge is 0.349 e. The third-order valence-corrected chi connectivity index (χ3v) is 3.83. The molecule has 0 aliphatic carbocycles. The van der Waals surface area contributed by atoms with Crippen LogP contribution in [0.15, 0.2) is 47.7 Å². The molecule has 0 aliphatic heterocycles. The molecular formula is C19H26N4O. The molecule has 128 valence electrons. The Labute approximate surface area is 143 Å². The quantitative estimate of drug-likeness (QED) is 0.759. The molecule has 5 nitrogen and oxygen atoms in total. The molecule has 0 atom stereocenters. The number of nitrogens with one attached hydrogen (secondary N) is 2. The number of H-pyrrole nitrogens is 1. The number of aromatic amines is 1. The summed E-state index contributed by atoms with van der Waals surface area (Å²) in [4.78, 5) is 12.2. The number of carbonyl (C=O) groups is 1. The van der Waals surface area contributed by atoms with Crippen LogP contribution in [0.5, 0.6) is 0 Å². The van der Waals surface area contributed by atoms with Crippen LogP contribution in [-0.2, 0) is 7.05 Å². The van der Waals surface area contributed by atoms with Crippen molar-refractivity contribution in [3.63, 3.8) is 0 Å². The molecule has 0 saturated carbocycles. The van der Waals surface area contributed by atoms with Crippen LogP contribution in [0.25, 0.3) is 11.4 Å². The normalized spacial score (nSPS) is 11.4. The van der Waals surface area contributed by atoms with Gasteiger partial charge in [-0.3, -0.25) is 9.89 Å². The Hall–Kier alpha value is -2.56. The highest BCUT2D eigenvalue weighted by Crippen LogP contribution is 2.17. The van der Waals surface area contributed by atoms with Gasteiger partial charge in [-0.2, -0.15) is 5.10 Å². The molecule has 0 bridgehead atoms. The van der Waals surface area contributed by atoms with Crippen molar-refractivity contribution in [2.75, 3.05) is 6.54 Å². The maximum absolute atomic E-state index is 12.2. The second kappa shape index (κ2) is 8.34. The van der Waals surface area contributed by atoms with Gasteiger partial charge in [0.1, 0.15) is 11.4 Å². The van der Waals surface area contributed by atoms with Crippen molar-refractivity contribution in [1.82, 2.24) is 20.1 Å². The molecule has 2 aromatic rings. The van der Waals surface area contributed by atoms with Crippen molar-refractivity contribution in [3.05, 3.63) is 53.4 Å². The SMILES string of the molecule is CC(C)=CCCC(C)=CCNC(=O)c1cc(-c2cccn2C)n[nH]1. The minimum Gasteiger partial charge on any atom is -0.349 e. The summed E-state index contributed by atoms with van der Waals surface area (Å²) < 4.78 is 1.97. The Balaban J connectivity index is 1.86. The number of allylic oxidation sites excluding steroid dienone is 3. The number of aromatic nitrogens is 3. The predicted molar refractivity (Wildman–Crippen MR) is 97.7 cm³/mol. The predicted octanol–water partition coefficient (Wildman–Crippen LogP) is 3.84. The van der Waals surface area contributed by atoms with E-state index in [2.05, 4.69) is 48.4 Å². The molecule has 0 spiro atoms. The molecule has 0 unspecified atom stereocenters. The number of aryl methyl sites for hydroxylation is 1. The summed E-state index contributed by atoms with van der Waals surface area (Å²) in [5, 5.41) is 9.91. The first-order chi connectivity index (χ1) is 11.5. The van der Waals surface area contributed by atoms with Crippen molar-refractivity contribution >= 4 is 5.91 Å². The summed E-state index contributed by atoms with van der Waals surface area (Å²) in [5.41, 5.74) is 4.83. The molecule has 0 aliphatic rings. The van der Waals surface area contributed by atoms with Crippen LogP contribution >= 0.6 is 0 Å². The Morgan fingerprint density at radius 2 is 2.12 bits per heavy atom. The molecule has 2 rings (SSSR count). The summed E-state index contributed by atoms with van der Waals surface area (Å²) in [6.45, 7) is 6.83. The summed E-state index contributed by atoms with van der Waals surface area (Å²) >= 11 is 0. The molecule has 0 saturated heterocycles. The fraction of sp³-hybridized carbons (Fsp3) is 0.368. The lowest BCUT2D eigenvalue weighted by atomic mass is 10.1. The van der Waals surface area contributed by atoms with E-state index in [9.17, 15) is 4.79 Å². The third-order valence-electron chi connectivity index (χ3n) is 3.83. The smallest absolute Gasteiger partial charge is 0.269 e. The van der Waals surface area contributed by atoms with E-state index in [-0.39, 0.29) is 5.91 Å². The number of amides is 1. The summed E-state index contributed by atoms with van der Waals surface area (Å²) in [6.07, 6.45) is 8.30. The fourth-order valence-electron chi connectivity index (χ4n) is 2.40. The fourth-order valence-corrected chi connectivity index (χ4v) is 2.40. The zero-order valence-electron chi connectivity index (χ0n) is 14.9. The molecule has 24 heavy (non-hydrogen) atoms. The second-order valence-corrected chi connectivity index (χ2v) is 6.25. The molecule has 2 heterocycles. The lowest BCUT2D eigenvalue weighted by Gasteiger charge is -2.02. The number of nitrogens with zero attached hydrogens (tertiary/aromatic N) is 2. The van der Waals surface area contributed by atoms with Gasteiger partial charge in [-0.1, -0.05) is 23.3 Å². The summed E-state index contributed by atoms with van der Waals surface area (Å²) in [5.74, 6) is -0.142. The summed E-state index contributed by atoms with van der Waals surface area (Å²) in [6, 6.07) is 5.69. The minimum atomic E-state index is -0.142. The maximum Gasteiger partial charge on any atom is 0.269 e. The van der Waals surface area contributed by atoms with Gasteiger partial charge in [0.2, 0.25) is 0 Å². The van der Waals surface area contributed by atoms with E-state index in [1.54, 1.807) is 6.07 Å². The van der Waals surface area contributed by atoms with Crippen LogP contribution in [0.3, 0.4) is 0 Å². The van der Waals surface area contributed by atoms with Gasteiger partial charge >= 0.3 is 0 Å². The number of hydrogen-bond acceptors (Lipinski definition) is 2. The van der Waals surface area contributed by atoms with Crippen molar-refractivity contribution in [2.45, 2.75) is 33.6 Å². The van der Waals surface area contributed by atoms with E-state index in [1.807, 2.05) is 29.9 Å². The van der Waals surface area contributed by atoms with Crippen molar-refractivity contribution in [3.8, 4) is 11.4 Å². The Bertz CT molecular complexity index is 745. The van der Waals surface area contributed by atoms with Gasteiger partial charge in [-0.05, 0) is 51.8 Å². The highest BCUT2D eigenvalue weighted by Gasteiger charge is 2.11. The Morgan fingerprint density at radius 1 is 1.33 bits per heavy atom. The third kappa shape index (κ3) is 4.98. The van der Waals surface area contributed by atoms with Gasteiger partial charge in [-0.25, -0.2) is 0 Å². The Kier molecular flexibility index (Phi) is 6.18. The lowest BCUT2D eigenvalue weighted by molar-refractivity contribution is 0.0953. The van der Waals surface area contributed by atoms with Crippen LogP contribution in [0.2, 0.25) is 0 Å². The molecular weight excluding hydrogens is 300 g/mol. The second-order valence-electron chi connectivity index (χ2n) is 6.25. The van der Waals surface area contributed by atoms with Gasteiger partial charge in [0.15, 0.2) is 0 Å². The molecule has 1 amide bonds. The zero-order valence-corrected chi connectivity index (χ0v) is 14.9. The van der Waals surface area contributed by atoms with E-state index >= 15 is 0 Å². The van der Waals surface area contributed by atoms with Gasteiger partial charge in [0, 0.05) is 19.8 Å². The van der Waals surface area contributed by atoms with E-state index in [1.165, 1.54) is 11.1 Å². The van der Waals surface area contributed by atoms with Gasteiger partial charge in [-0.15, -0.1) is 0 Å². The molecule has 2 aromatic heterocycles. The van der Waals surface area contributed by atoms with Crippen LogP contribution in [0.4, 0.5) is 0 Å². The first-order valence-electron chi connectivity index (χ1n) is 8.21. The number of hydrogen-bond donors (Lipinski definition) is 2. The van der Waals surface area contributed by atoms with Crippen molar-refractivity contribution in [2.24, 2.45) is 7.05 Å². The minimum absolute atomic E-state index is 0.142. The van der Waals surface area contributed by atoms with E-state index in [0.717, 1.165) is 24.2 Å². The first-order valence-corrected chi connectivity index (χ1v) is 8.21. The van der Waals surface area contributed by atoms with Crippen LogP contribution in [-0.4, -0.2) is 27.2 Å². The number of rotatable bonds is 7. The van der Waals surface area contributed by atoms with Crippen LogP contribution in [0, 0.1) is 0 Å². The monoisotopic (exact) mass is 326 g/mol. The van der Waals surface area contributed by atoms with E-state index in [0.29, 0.717) is 12.2 Å². The Morgan fingerprint density at radius 3 is 2.79 bits per heavy atom. The molecule has 0 fully saturated rings. The molecule has 0 aromatic carbocycles. The number of carbonyl (C=O) groups excluding carboxylic acids is 1. The zero-order chi connectivity index (χ0) is 17.5. The van der Waals surface area contributed by atoms with E-state index < -0.39 is 0 Å². The summed E-state index contributed by atoms with van der Waals surface area (Å²) in [7, 11) is 1.95. The van der Waals surface area contributed by atoms with Crippen LogP contribution < -0.4 is 5.32 Å². The highest BCUT2D eigenvalue weighted by atomic mass is 16.1. The van der Waals surface area contributed by atoms with Gasteiger partial charge < -0.3 is 9.88 Å². The first kappa shape index (κ1) is 17.8. The molecule has 2 N–H and O–H groups in total. The van der Waals surface area contributed by atoms with Gasteiger partial charge in [0.05, 0.1) is 5.69 Å². The average Bonchev–Trinajstić information content (AvgIpc) is 3.15. The lowest BCUT2D eigenvalue weighted by Crippen LogP contribution is -2.23. The van der Waals surface area contributed by atoms with Crippen molar-refractivity contribution in [1.29, 1.82) is 0 Å². The highest BCUT2D eigenvalue weighted by molar-refractivity contribution is 5.93. The van der Waals surface area contributed by atoms with Crippen LogP contribution in [0.1, 0.15) is 44.1 Å². The van der Waals surface area contributed by atoms with Crippen molar-refractivity contribution < 1.29 is 4.79 Å².